The number of nitrogens with zero attached hydrogens (tertiary/aromatic N) is 6. The second-order valence-corrected chi connectivity index (χ2v) is 27.6. The number of nitrogens with one attached hydrogen (secondary N) is 3. The number of hydrogen-bond acceptors (Lipinski definition) is 19. The van der Waals surface area contributed by atoms with Gasteiger partial charge < -0.3 is 60.7 Å². The molecule has 8 aromatic rings. The van der Waals surface area contributed by atoms with Crippen molar-refractivity contribution in [3.63, 3.8) is 0 Å². The average molecular weight is 1400 g/mol. The highest BCUT2D eigenvalue weighted by Crippen LogP contribution is 2.50. The summed E-state index contributed by atoms with van der Waals surface area (Å²) in [6.45, 7) is 11.8. The van der Waals surface area contributed by atoms with Gasteiger partial charge in [-0.3, -0.25) is 23.8 Å². The Morgan fingerprint density at radius 3 is 2.31 bits per heavy atom. The fourth-order valence-electron chi connectivity index (χ4n) is 11.5. The van der Waals surface area contributed by atoms with Gasteiger partial charge in [0.05, 0.1) is 60.9 Å². The Labute approximate surface area is 576 Å². The topological polar surface area (TPSA) is 343 Å². The van der Waals surface area contributed by atoms with Gasteiger partial charge in [-0.05, 0) is 122 Å². The molecule has 0 aliphatic carbocycles. The van der Waals surface area contributed by atoms with Gasteiger partial charge in [-0.1, -0.05) is 80.9 Å². The molecule has 24 nitrogen and oxygen atoms in total. The van der Waals surface area contributed by atoms with Gasteiger partial charge in [-0.15, -0.1) is 11.3 Å². The number of thiophene rings is 1. The van der Waals surface area contributed by atoms with Crippen LogP contribution in [0.5, 0.6) is 23.1 Å². The van der Waals surface area contributed by atoms with Crippen LogP contribution in [0.25, 0.3) is 43.2 Å². The molecule has 4 amide bonds. The number of fused-ring (bicyclic) bond motifs is 1. The number of urea groups is 1. The third kappa shape index (κ3) is 17.5. The number of primary amides is 1. The highest BCUT2D eigenvalue weighted by atomic mass is 35.5. The molecule has 8 N–H and O–H groups in total. The Hall–Kier alpha value is -9.22. The third-order valence-electron chi connectivity index (χ3n) is 17.6. The van der Waals surface area contributed by atoms with Crippen LogP contribution in [0.2, 0.25) is 5.02 Å². The lowest BCUT2D eigenvalue weighted by atomic mass is 9.76. The highest BCUT2D eigenvalue weighted by molar-refractivity contribution is 7.85. The first-order chi connectivity index (χ1) is 46.7. The van der Waals surface area contributed by atoms with E-state index in [1.807, 2.05) is 44.3 Å². The lowest BCUT2D eigenvalue weighted by molar-refractivity contribution is -0.926. The van der Waals surface area contributed by atoms with E-state index in [0.717, 1.165) is 6.07 Å². The molecule has 1 saturated heterocycles. The molecule has 9 rings (SSSR count). The number of piperazine rings is 1. The summed E-state index contributed by atoms with van der Waals surface area (Å²) in [7, 11) is -1.29. The molecule has 0 saturated carbocycles. The van der Waals surface area contributed by atoms with E-state index in [1.165, 1.54) is 48.9 Å². The van der Waals surface area contributed by atoms with E-state index >= 15 is 0 Å². The first-order valence-electron chi connectivity index (χ1n) is 31.8. The fourth-order valence-corrected chi connectivity index (χ4v) is 13.6. The van der Waals surface area contributed by atoms with E-state index in [4.69, 9.17) is 47.0 Å². The number of amides is 4. The zero-order valence-electron chi connectivity index (χ0n) is 55.3. The molecule has 1 unspecified atom stereocenters. The Balaban J connectivity index is 0.868. The second kappa shape index (κ2) is 32.0. The number of ether oxygens (including phenoxy) is 4. The number of anilines is 1. The number of aliphatic carboxylic acids is 1. The summed E-state index contributed by atoms with van der Waals surface area (Å²) in [5.74, 6) is -2.41. The van der Waals surface area contributed by atoms with E-state index in [1.54, 1.807) is 82.6 Å². The lowest BCUT2D eigenvalue weighted by Crippen LogP contribution is -2.57. The fraction of sp³-hybridized carbons (Fsp3) is 0.357. The summed E-state index contributed by atoms with van der Waals surface area (Å²) in [6.07, 6.45) is 1.40. The molecule has 5 aromatic carbocycles. The zero-order chi connectivity index (χ0) is 70.6. The summed E-state index contributed by atoms with van der Waals surface area (Å²) in [5, 5.41) is 21.6. The van der Waals surface area contributed by atoms with Crippen LogP contribution in [0.3, 0.4) is 0 Å². The summed E-state index contributed by atoms with van der Waals surface area (Å²) in [5.41, 5.74) is 14.3. The molecule has 0 radical (unpaired) electrons. The molecule has 98 heavy (non-hydrogen) atoms. The number of benzene rings is 5. The Bertz CT molecular complexity index is 4350. The van der Waals surface area contributed by atoms with Crippen molar-refractivity contribution in [2.75, 3.05) is 65.3 Å². The largest absolute Gasteiger partial charge is 0.546 e. The molecule has 4 atom stereocenters. The number of para-hydroxylation sites is 2. The van der Waals surface area contributed by atoms with E-state index in [2.05, 4.69) is 35.8 Å². The van der Waals surface area contributed by atoms with E-state index in [-0.39, 0.29) is 69.5 Å². The molecule has 1 aliphatic rings. The number of carboxylic acid groups (broad SMARTS) is 1. The third-order valence-corrected chi connectivity index (χ3v) is 20.2. The predicted octanol–water partition coefficient (Wildman–Crippen LogP) is 8.34. The van der Waals surface area contributed by atoms with Gasteiger partial charge in [0.1, 0.15) is 76.4 Å². The standard InChI is InChI=1S/C70H79ClFN11O13S2/c1-8-70(5,62(84)60(73)41(2)3)68(88)81-51(16-13-28-76-69(74)89)64(85)80-47-24-21-45(56(37-47)98(90,91)92)38-83(6)33-30-82(31-34-83)32-35-94-54-26-25-49(42(4)59(54)71)57-58-65(77-40-78-66(58)97-61(57)43-19-22-46(72)23-20-43)96-55(67(86)87)36-44-14-9-11-17-52(44)95-39-48-27-29-75-63(79-48)50-15-10-12-18-53(50)93-7/h9-12,14-15,17-27,29,37,40-41,51,55,60H,8,13,16,28,30-36,38-39,73H2,1-7H3,(H6-,74,76,80,81,85,86,87,88,89,90,91,92)/t51-,55+,60?,70-/m0/s1. The summed E-state index contributed by atoms with van der Waals surface area (Å²) in [4.78, 5) is 86.9. The number of carboxylic acids is 1. The molecule has 4 heterocycles. The van der Waals surface area contributed by atoms with Crippen molar-refractivity contribution >= 4 is 78.6 Å². The SMILES string of the molecule is CC[C@](C)(C(=O)N[C@@H](CCCNC(N)=O)C(=O)Nc1ccc(C[N+]2(C)CCN(CCOc3ccc(-c4c(-c5ccc(F)cc5)sc5ncnc(O[C@H](Cc6ccccc6OCc6ccnc(-c7ccccc7OC)n6)C(=O)[O-])c45)c(C)c3Cl)CC2)c(S(=O)(=O)O)c1)C(=O)C(N)C(C)C. The number of hydrogen-bond donors (Lipinski definition) is 6. The average Bonchev–Trinajstić information content (AvgIpc) is 1.57. The first kappa shape index (κ1) is 73.0. The summed E-state index contributed by atoms with van der Waals surface area (Å²) in [6, 6.07) is 26.8. The summed E-state index contributed by atoms with van der Waals surface area (Å²) < 4.78 is 76.0. The van der Waals surface area contributed by atoms with Crippen molar-refractivity contribution in [1.82, 2.24) is 35.5 Å². The van der Waals surface area contributed by atoms with Crippen molar-refractivity contribution in [2.45, 2.75) is 96.5 Å². The number of halogens is 2. The number of methoxy groups -OCH3 is 1. The predicted molar refractivity (Wildman–Crippen MR) is 367 cm³/mol. The Morgan fingerprint density at radius 2 is 1.62 bits per heavy atom. The minimum atomic E-state index is -4.84. The van der Waals surface area contributed by atoms with Gasteiger partial charge in [0.25, 0.3) is 10.1 Å². The minimum Gasteiger partial charge on any atom is -0.546 e. The highest BCUT2D eigenvalue weighted by Gasteiger charge is 2.44. The maximum atomic E-state index is 14.5. The number of carbonyl (C=O) groups excluding carboxylic acids is 5. The van der Waals surface area contributed by atoms with Crippen molar-refractivity contribution in [3.8, 4) is 56.1 Å². The van der Waals surface area contributed by atoms with Crippen molar-refractivity contribution in [1.29, 1.82) is 0 Å². The van der Waals surface area contributed by atoms with Gasteiger partial charge >= 0.3 is 6.03 Å². The zero-order valence-corrected chi connectivity index (χ0v) is 57.7. The van der Waals surface area contributed by atoms with Crippen LogP contribution in [0.4, 0.5) is 14.9 Å². The maximum Gasteiger partial charge on any atom is 0.312 e. The monoisotopic (exact) mass is 1400 g/mol. The first-order valence-corrected chi connectivity index (χ1v) is 34.4. The second-order valence-electron chi connectivity index (χ2n) is 24.8. The quantitative estimate of drug-likeness (QED) is 0.0103. The molecular formula is C70H79ClFN11O13S2. The molecule has 1 aliphatic heterocycles. The molecule has 518 valence electrons. The molecule has 0 bridgehead atoms. The number of ketones is 1. The number of Topliss-reactive ketones (excluding diaryl/α,β-unsaturated/α-hetero) is 1. The van der Waals surface area contributed by atoms with Crippen LogP contribution in [-0.4, -0.2) is 150 Å². The number of aromatic nitrogens is 4. The van der Waals surface area contributed by atoms with Crippen LogP contribution >= 0.6 is 22.9 Å². The van der Waals surface area contributed by atoms with Gasteiger partial charge in [0, 0.05) is 60.5 Å². The molecule has 0 spiro atoms. The van der Waals surface area contributed by atoms with Crippen LogP contribution in [0, 0.1) is 24.1 Å². The van der Waals surface area contributed by atoms with E-state index in [9.17, 15) is 46.4 Å². The van der Waals surface area contributed by atoms with Crippen molar-refractivity contribution < 1.29 is 69.9 Å². The Kier molecular flexibility index (Phi) is 23.8. The van der Waals surface area contributed by atoms with E-state index in [0.29, 0.717) is 125 Å². The molecule has 1 fully saturated rings. The lowest BCUT2D eigenvalue weighted by Gasteiger charge is -2.42. The number of carbonyl (C=O) groups is 5. The van der Waals surface area contributed by atoms with Crippen molar-refractivity contribution in [3.05, 3.63) is 155 Å². The number of likely N-dealkylation sites (N-methyl/N-ethyl adjacent to an activating group) is 1. The van der Waals surface area contributed by atoms with Crippen LogP contribution in [0.15, 0.2) is 127 Å². The van der Waals surface area contributed by atoms with Gasteiger partial charge in [0.2, 0.25) is 17.7 Å². The number of rotatable bonds is 31. The normalized spacial score (nSPS) is 14.7. The minimum absolute atomic E-state index is 0.00623. The summed E-state index contributed by atoms with van der Waals surface area (Å²) >= 11 is 8.49. The smallest absolute Gasteiger partial charge is 0.312 e. The molecular weight excluding hydrogens is 1320 g/mol. The van der Waals surface area contributed by atoms with E-state index < -0.39 is 74.0 Å². The van der Waals surface area contributed by atoms with Gasteiger partial charge in [-0.25, -0.2) is 29.1 Å². The van der Waals surface area contributed by atoms with Crippen LogP contribution in [-0.2, 0) is 48.9 Å². The number of nitrogens with two attached hydrogens (primary N) is 2. The van der Waals surface area contributed by atoms with Gasteiger partial charge in [-0.2, -0.15) is 8.42 Å². The van der Waals surface area contributed by atoms with Gasteiger partial charge in [0.15, 0.2) is 11.6 Å². The molecule has 3 aromatic heterocycles. The van der Waals surface area contributed by atoms with Crippen LogP contribution in [0.1, 0.15) is 69.3 Å². The maximum absolute atomic E-state index is 14.5. The Morgan fingerprint density at radius 1 is 0.908 bits per heavy atom. The number of quaternary nitrogens is 1. The molecule has 28 heteroatoms. The van der Waals surface area contributed by atoms with Crippen LogP contribution < -0.4 is 51.5 Å². The van der Waals surface area contributed by atoms with Crippen molar-refractivity contribution in [2.24, 2.45) is 22.8 Å².